The molecule has 0 radical (unpaired) electrons. The molecule has 0 saturated carbocycles. The molecule has 2 aromatic rings. The summed E-state index contributed by atoms with van der Waals surface area (Å²) in [6.45, 7) is 0.366. The SMILES string of the molecule is O=C1CCCC2=C1C(c1cccc(OCc3ccc(Cl)c(Cl)c3)c1)NC(=S)N2. The van der Waals surface area contributed by atoms with Crippen molar-refractivity contribution in [1.29, 1.82) is 0 Å². The quantitative estimate of drug-likeness (QED) is 0.658. The van der Waals surface area contributed by atoms with Gasteiger partial charge in [-0.15, -0.1) is 0 Å². The smallest absolute Gasteiger partial charge is 0.171 e. The third kappa shape index (κ3) is 4.02. The summed E-state index contributed by atoms with van der Waals surface area (Å²) in [7, 11) is 0. The van der Waals surface area contributed by atoms with Gasteiger partial charge in [0, 0.05) is 17.7 Å². The van der Waals surface area contributed by atoms with Gasteiger partial charge < -0.3 is 15.4 Å². The number of carbonyl (C=O) groups excluding carboxylic acids is 1. The topological polar surface area (TPSA) is 50.4 Å². The van der Waals surface area contributed by atoms with E-state index in [-0.39, 0.29) is 11.8 Å². The van der Waals surface area contributed by atoms with Crippen LogP contribution in [0.25, 0.3) is 0 Å². The highest BCUT2D eigenvalue weighted by molar-refractivity contribution is 7.80. The Hall–Kier alpha value is -2.08. The van der Waals surface area contributed by atoms with Crippen molar-refractivity contribution in [1.82, 2.24) is 10.6 Å². The third-order valence-corrected chi connectivity index (χ3v) is 5.82. The van der Waals surface area contributed by atoms with E-state index in [1.807, 2.05) is 30.3 Å². The summed E-state index contributed by atoms with van der Waals surface area (Å²) in [6, 6.07) is 12.9. The number of ketones is 1. The van der Waals surface area contributed by atoms with Gasteiger partial charge in [-0.05, 0) is 60.5 Å². The van der Waals surface area contributed by atoms with Crippen molar-refractivity contribution in [2.24, 2.45) is 0 Å². The zero-order valence-electron chi connectivity index (χ0n) is 14.9. The first-order valence-corrected chi connectivity index (χ1v) is 10.2. The van der Waals surface area contributed by atoms with Crippen LogP contribution in [-0.2, 0) is 11.4 Å². The van der Waals surface area contributed by atoms with Gasteiger partial charge in [0.25, 0.3) is 0 Å². The monoisotopic (exact) mass is 432 g/mol. The maximum atomic E-state index is 12.5. The van der Waals surface area contributed by atoms with E-state index < -0.39 is 0 Å². The lowest BCUT2D eigenvalue weighted by Crippen LogP contribution is -2.46. The van der Waals surface area contributed by atoms with Crippen molar-refractivity contribution in [3.05, 3.63) is 74.9 Å². The zero-order valence-corrected chi connectivity index (χ0v) is 17.3. The molecule has 4 rings (SSSR count). The lowest BCUT2D eigenvalue weighted by molar-refractivity contribution is -0.116. The summed E-state index contributed by atoms with van der Waals surface area (Å²) in [6.07, 6.45) is 2.26. The highest BCUT2D eigenvalue weighted by Crippen LogP contribution is 2.34. The summed E-state index contributed by atoms with van der Waals surface area (Å²) in [5.41, 5.74) is 3.58. The number of nitrogens with one attached hydrogen (secondary N) is 2. The number of hydrogen-bond acceptors (Lipinski definition) is 3. The first-order valence-electron chi connectivity index (χ1n) is 9.02. The minimum atomic E-state index is -0.259. The molecule has 0 fully saturated rings. The molecule has 2 N–H and O–H groups in total. The van der Waals surface area contributed by atoms with E-state index in [2.05, 4.69) is 10.6 Å². The fraction of sp³-hybridized carbons (Fsp3) is 0.238. The number of allylic oxidation sites excluding steroid dienone is 1. The van der Waals surface area contributed by atoms with E-state index in [4.69, 9.17) is 40.2 Å². The average molecular weight is 433 g/mol. The first-order chi connectivity index (χ1) is 13.5. The maximum absolute atomic E-state index is 12.5. The summed E-state index contributed by atoms with van der Waals surface area (Å²) in [4.78, 5) is 12.5. The van der Waals surface area contributed by atoms with Gasteiger partial charge in [0.15, 0.2) is 10.9 Å². The Morgan fingerprint density at radius 3 is 2.79 bits per heavy atom. The molecule has 7 heteroatoms. The van der Waals surface area contributed by atoms with E-state index in [0.717, 1.165) is 35.2 Å². The number of carbonyl (C=O) groups is 1. The molecule has 1 atom stereocenters. The van der Waals surface area contributed by atoms with Crippen molar-refractivity contribution >= 4 is 46.3 Å². The zero-order chi connectivity index (χ0) is 19.7. The second kappa shape index (κ2) is 8.11. The highest BCUT2D eigenvalue weighted by Gasteiger charge is 2.33. The molecule has 1 heterocycles. The Bertz CT molecular complexity index is 990. The normalized spacial score (nSPS) is 19.0. The Balaban J connectivity index is 1.57. The Kier molecular flexibility index (Phi) is 5.58. The van der Waals surface area contributed by atoms with Crippen LogP contribution in [0.3, 0.4) is 0 Å². The molecule has 2 aliphatic rings. The molecule has 28 heavy (non-hydrogen) atoms. The predicted octanol–water partition coefficient (Wildman–Crippen LogP) is 5.10. The van der Waals surface area contributed by atoms with Gasteiger partial charge in [0.2, 0.25) is 0 Å². The van der Waals surface area contributed by atoms with E-state index in [1.165, 1.54) is 0 Å². The third-order valence-electron chi connectivity index (χ3n) is 4.87. The van der Waals surface area contributed by atoms with Gasteiger partial charge in [-0.3, -0.25) is 4.79 Å². The summed E-state index contributed by atoms with van der Waals surface area (Å²) in [5.74, 6) is 0.871. The van der Waals surface area contributed by atoms with Crippen LogP contribution in [0.5, 0.6) is 5.75 Å². The highest BCUT2D eigenvalue weighted by atomic mass is 35.5. The van der Waals surface area contributed by atoms with Crippen LogP contribution in [0.2, 0.25) is 10.0 Å². The average Bonchev–Trinajstić information content (AvgIpc) is 2.68. The van der Waals surface area contributed by atoms with E-state index in [0.29, 0.717) is 33.9 Å². The lowest BCUT2D eigenvalue weighted by Gasteiger charge is -2.33. The Labute approximate surface area is 178 Å². The van der Waals surface area contributed by atoms with Crippen LogP contribution in [0.15, 0.2) is 53.7 Å². The molecule has 0 bridgehead atoms. The standard InChI is InChI=1S/C21H18Cl2N2O2S/c22-15-8-7-12(9-16(15)23)11-27-14-4-1-3-13(10-14)20-19-17(24-21(28)25-20)5-2-6-18(19)26/h1,3-4,7-10,20H,2,5-6,11H2,(H2,24,25,28). The van der Waals surface area contributed by atoms with Crippen molar-refractivity contribution in [3.8, 4) is 5.75 Å². The molecular formula is C21H18Cl2N2O2S. The molecular weight excluding hydrogens is 415 g/mol. The molecule has 4 nitrogen and oxygen atoms in total. The number of halogens is 2. The van der Waals surface area contributed by atoms with Crippen LogP contribution in [0.1, 0.15) is 36.4 Å². The van der Waals surface area contributed by atoms with Gasteiger partial charge in [0.05, 0.1) is 16.1 Å². The van der Waals surface area contributed by atoms with Gasteiger partial charge in [-0.2, -0.15) is 0 Å². The molecule has 1 aliphatic heterocycles. The number of thiocarbonyl (C=S) groups is 1. The van der Waals surface area contributed by atoms with E-state index >= 15 is 0 Å². The Morgan fingerprint density at radius 2 is 1.96 bits per heavy atom. The van der Waals surface area contributed by atoms with Crippen molar-refractivity contribution in [2.75, 3.05) is 0 Å². The second-order valence-corrected chi connectivity index (χ2v) is 8.03. The molecule has 2 aromatic carbocycles. The largest absolute Gasteiger partial charge is 0.489 e. The van der Waals surface area contributed by atoms with E-state index in [9.17, 15) is 4.79 Å². The number of hydrogen-bond donors (Lipinski definition) is 2. The van der Waals surface area contributed by atoms with Gasteiger partial charge in [-0.1, -0.05) is 41.4 Å². The molecule has 144 valence electrons. The molecule has 0 amide bonds. The van der Waals surface area contributed by atoms with Crippen LogP contribution in [0, 0.1) is 0 Å². The lowest BCUT2D eigenvalue weighted by atomic mass is 9.85. The van der Waals surface area contributed by atoms with Gasteiger partial charge >= 0.3 is 0 Å². The van der Waals surface area contributed by atoms with Crippen LogP contribution >= 0.6 is 35.4 Å². The minimum absolute atomic E-state index is 0.163. The van der Waals surface area contributed by atoms with E-state index in [1.54, 1.807) is 12.1 Å². The van der Waals surface area contributed by atoms with Gasteiger partial charge in [0.1, 0.15) is 12.4 Å². The molecule has 0 saturated heterocycles. The van der Waals surface area contributed by atoms with Crippen LogP contribution in [0.4, 0.5) is 0 Å². The molecule has 1 aliphatic carbocycles. The predicted molar refractivity (Wildman–Crippen MR) is 115 cm³/mol. The number of rotatable bonds is 4. The summed E-state index contributed by atoms with van der Waals surface area (Å²) < 4.78 is 5.93. The number of benzene rings is 2. The van der Waals surface area contributed by atoms with Gasteiger partial charge in [-0.25, -0.2) is 0 Å². The minimum Gasteiger partial charge on any atom is -0.489 e. The number of ether oxygens (including phenoxy) is 1. The number of Topliss-reactive ketones (excluding diaryl/α,β-unsaturated/α-hetero) is 1. The van der Waals surface area contributed by atoms with Crippen LogP contribution < -0.4 is 15.4 Å². The summed E-state index contributed by atoms with van der Waals surface area (Å²) in [5, 5.41) is 7.93. The van der Waals surface area contributed by atoms with Crippen molar-refractivity contribution in [2.45, 2.75) is 31.9 Å². The second-order valence-electron chi connectivity index (χ2n) is 6.81. The summed E-state index contributed by atoms with van der Waals surface area (Å²) >= 11 is 17.4. The fourth-order valence-corrected chi connectivity index (χ4v) is 4.10. The molecule has 0 aromatic heterocycles. The fourth-order valence-electron chi connectivity index (χ4n) is 3.53. The maximum Gasteiger partial charge on any atom is 0.171 e. The van der Waals surface area contributed by atoms with Crippen LogP contribution in [-0.4, -0.2) is 10.9 Å². The molecule has 1 unspecified atom stereocenters. The molecule has 0 spiro atoms. The first kappa shape index (κ1) is 19.2. The Morgan fingerprint density at radius 1 is 1.11 bits per heavy atom. The van der Waals surface area contributed by atoms with Crippen molar-refractivity contribution < 1.29 is 9.53 Å². The van der Waals surface area contributed by atoms with Crippen molar-refractivity contribution in [3.63, 3.8) is 0 Å².